The van der Waals surface area contributed by atoms with Crippen LogP contribution in [0.2, 0.25) is 5.02 Å². The van der Waals surface area contributed by atoms with E-state index in [1.807, 2.05) is 0 Å². The van der Waals surface area contributed by atoms with Crippen molar-refractivity contribution in [1.29, 1.82) is 0 Å². The number of anilines is 1. The lowest BCUT2D eigenvalue weighted by atomic mass is 10.0. The van der Waals surface area contributed by atoms with Crippen molar-refractivity contribution in [3.05, 3.63) is 39.3 Å². The molecule has 0 bridgehead atoms. The Balaban J connectivity index is 1.61. The van der Waals surface area contributed by atoms with Crippen molar-refractivity contribution in [2.75, 3.05) is 11.9 Å². The van der Waals surface area contributed by atoms with Crippen LogP contribution < -0.4 is 5.32 Å². The molecule has 1 aromatic heterocycles. The predicted molar refractivity (Wildman–Crippen MR) is 93.0 cm³/mol. The first-order valence-electron chi connectivity index (χ1n) is 7.75. The van der Waals surface area contributed by atoms with Crippen molar-refractivity contribution in [1.82, 2.24) is 15.1 Å². The lowest BCUT2D eigenvalue weighted by Crippen LogP contribution is -2.36. The van der Waals surface area contributed by atoms with E-state index in [4.69, 9.17) is 11.6 Å². The smallest absolute Gasteiger partial charge is 0.286 e. The van der Waals surface area contributed by atoms with E-state index in [9.17, 15) is 4.79 Å². The number of nitrogens with one attached hydrogen (secondary N) is 1. The zero-order chi connectivity index (χ0) is 16.2. The topological polar surface area (TPSA) is 58.1 Å². The maximum atomic E-state index is 12.2. The van der Waals surface area contributed by atoms with E-state index in [1.54, 1.807) is 24.3 Å². The molecular weight excluding hydrogens is 332 g/mol. The fourth-order valence-corrected chi connectivity index (χ4v) is 3.58. The second kappa shape index (κ2) is 7.38. The summed E-state index contributed by atoms with van der Waals surface area (Å²) in [6.45, 7) is 4.11. The van der Waals surface area contributed by atoms with Gasteiger partial charge in [-0.3, -0.25) is 9.69 Å². The Hall–Kier alpha value is -1.50. The van der Waals surface area contributed by atoms with Gasteiger partial charge >= 0.3 is 0 Å². The number of hydrogen-bond donors (Lipinski definition) is 1. The Morgan fingerprint density at radius 2 is 2.13 bits per heavy atom. The molecular formula is C16H19ClN4OS. The van der Waals surface area contributed by atoms with Gasteiger partial charge in [0.05, 0.1) is 6.54 Å². The number of halogens is 1. The molecule has 1 aliphatic heterocycles. The molecule has 1 fully saturated rings. The third-order valence-electron chi connectivity index (χ3n) is 4.04. The van der Waals surface area contributed by atoms with Gasteiger partial charge in [-0.25, -0.2) is 0 Å². The number of benzene rings is 1. The number of amides is 1. The number of rotatable bonds is 4. The van der Waals surface area contributed by atoms with Gasteiger partial charge in [0.25, 0.3) is 5.91 Å². The van der Waals surface area contributed by atoms with Crippen LogP contribution in [0.4, 0.5) is 5.69 Å². The van der Waals surface area contributed by atoms with Crippen LogP contribution in [0.3, 0.4) is 0 Å². The predicted octanol–water partition coefficient (Wildman–Crippen LogP) is 3.82. The minimum Gasteiger partial charge on any atom is -0.320 e. The Labute approximate surface area is 144 Å². The van der Waals surface area contributed by atoms with E-state index in [0.717, 1.165) is 18.1 Å². The molecule has 1 N–H and O–H groups in total. The van der Waals surface area contributed by atoms with Gasteiger partial charge in [0.1, 0.15) is 5.01 Å². The van der Waals surface area contributed by atoms with Gasteiger partial charge in [0.15, 0.2) is 0 Å². The van der Waals surface area contributed by atoms with Crippen molar-refractivity contribution >= 4 is 34.5 Å². The van der Waals surface area contributed by atoms with E-state index in [2.05, 4.69) is 27.3 Å². The highest BCUT2D eigenvalue weighted by Gasteiger charge is 2.21. The average Bonchev–Trinajstić information content (AvgIpc) is 3.01. The SMILES string of the molecule is C[C@H]1CCCCN1Cc1nnc(C(=O)Nc2ccc(Cl)cc2)s1. The fraction of sp³-hybridized carbons (Fsp3) is 0.438. The number of likely N-dealkylation sites (tertiary alicyclic amines) is 1. The third kappa shape index (κ3) is 4.28. The summed E-state index contributed by atoms with van der Waals surface area (Å²) in [7, 11) is 0. The quantitative estimate of drug-likeness (QED) is 0.910. The van der Waals surface area contributed by atoms with Crippen molar-refractivity contribution < 1.29 is 4.79 Å². The van der Waals surface area contributed by atoms with Crippen molar-refractivity contribution in [3.63, 3.8) is 0 Å². The molecule has 1 atom stereocenters. The van der Waals surface area contributed by atoms with Crippen LogP contribution in [0.5, 0.6) is 0 Å². The van der Waals surface area contributed by atoms with Crippen LogP contribution in [0, 0.1) is 0 Å². The number of hydrogen-bond acceptors (Lipinski definition) is 5. The Bertz CT molecular complexity index is 673. The molecule has 0 radical (unpaired) electrons. The molecule has 7 heteroatoms. The van der Waals surface area contributed by atoms with Crippen LogP contribution in [0.1, 0.15) is 41.0 Å². The monoisotopic (exact) mass is 350 g/mol. The second-order valence-electron chi connectivity index (χ2n) is 5.78. The van der Waals surface area contributed by atoms with Gasteiger partial charge in [0, 0.05) is 16.8 Å². The summed E-state index contributed by atoms with van der Waals surface area (Å²) < 4.78 is 0. The molecule has 0 spiro atoms. The molecule has 5 nitrogen and oxygen atoms in total. The van der Waals surface area contributed by atoms with Crippen LogP contribution in [0.25, 0.3) is 0 Å². The Morgan fingerprint density at radius 1 is 1.35 bits per heavy atom. The fourth-order valence-electron chi connectivity index (χ4n) is 2.69. The molecule has 122 valence electrons. The maximum absolute atomic E-state index is 12.2. The minimum atomic E-state index is -0.234. The second-order valence-corrected chi connectivity index (χ2v) is 7.28. The third-order valence-corrected chi connectivity index (χ3v) is 5.20. The number of nitrogens with zero attached hydrogens (tertiary/aromatic N) is 3. The van der Waals surface area contributed by atoms with Gasteiger partial charge in [-0.05, 0) is 50.6 Å². The molecule has 3 rings (SSSR count). The molecule has 1 aliphatic rings. The molecule has 0 unspecified atom stereocenters. The number of piperidine rings is 1. The summed E-state index contributed by atoms with van der Waals surface area (Å²) in [5.74, 6) is -0.234. The lowest BCUT2D eigenvalue weighted by molar-refractivity contribution is 0.102. The highest BCUT2D eigenvalue weighted by atomic mass is 35.5. The zero-order valence-corrected chi connectivity index (χ0v) is 14.5. The van der Waals surface area contributed by atoms with Crippen LogP contribution in [0.15, 0.2) is 24.3 Å². The van der Waals surface area contributed by atoms with Gasteiger partial charge in [-0.2, -0.15) is 0 Å². The lowest BCUT2D eigenvalue weighted by Gasteiger charge is -2.32. The number of carbonyl (C=O) groups is 1. The number of aromatic nitrogens is 2. The van der Waals surface area contributed by atoms with Crippen LogP contribution in [-0.4, -0.2) is 33.6 Å². The van der Waals surface area contributed by atoms with Crippen molar-refractivity contribution in [2.45, 2.75) is 38.8 Å². The largest absolute Gasteiger partial charge is 0.320 e. The van der Waals surface area contributed by atoms with E-state index in [0.29, 0.717) is 21.8 Å². The first-order valence-corrected chi connectivity index (χ1v) is 8.94. The summed E-state index contributed by atoms with van der Waals surface area (Å²) in [5, 5.41) is 12.9. The maximum Gasteiger partial charge on any atom is 0.286 e. The van der Waals surface area contributed by atoms with Crippen LogP contribution in [-0.2, 0) is 6.54 Å². The van der Waals surface area contributed by atoms with Crippen molar-refractivity contribution in [3.8, 4) is 0 Å². The van der Waals surface area contributed by atoms with Gasteiger partial charge in [-0.15, -0.1) is 10.2 Å². The Morgan fingerprint density at radius 3 is 2.87 bits per heavy atom. The van der Waals surface area contributed by atoms with E-state index in [-0.39, 0.29) is 5.91 Å². The first-order chi connectivity index (χ1) is 11.1. The molecule has 2 aromatic rings. The average molecular weight is 351 g/mol. The summed E-state index contributed by atoms with van der Waals surface area (Å²) in [5.41, 5.74) is 0.695. The standard InChI is InChI=1S/C16H19ClN4OS/c1-11-4-2-3-9-21(11)10-14-19-20-16(23-14)15(22)18-13-7-5-12(17)6-8-13/h5-8,11H,2-4,9-10H2,1H3,(H,18,22)/t11-/m0/s1. The number of carbonyl (C=O) groups excluding carboxylic acids is 1. The molecule has 1 amide bonds. The minimum absolute atomic E-state index is 0.234. The molecule has 0 aliphatic carbocycles. The van der Waals surface area contributed by atoms with Gasteiger partial charge in [0.2, 0.25) is 5.01 Å². The first kappa shape index (κ1) is 16.4. The normalized spacial score (nSPS) is 18.8. The van der Waals surface area contributed by atoms with Crippen molar-refractivity contribution in [2.24, 2.45) is 0 Å². The highest BCUT2D eigenvalue weighted by molar-refractivity contribution is 7.13. The van der Waals surface area contributed by atoms with E-state index in [1.165, 1.54) is 30.6 Å². The molecule has 1 aromatic carbocycles. The Kier molecular flexibility index (Phi) is 5.25. The highest BCUT2D eigenvalue weighted by Crippen LogP contribution is 2.21. The van der Waals surface area contributed by atoms with E-state index < -0.39 is 0 Å². The van der Waals surface area contributed by atoms with Gasteiger partial charge in [-0.1, -0.05) is 29.4 Å². The summed E-state index contributed by atoms with van der Waals surface area (Å²) in [4.78, 5) is 14.6. The van der Waals surface area contributed by atoms with Gasteiger partial charge < -0.3 is 5.32 Å². The van der Waals surface area contributed by atoms with Crippen LogP contribution >= 0.6 is 22.9 Å². The molecule has 23 heavy (non-hydrogen) atoms. The molecule has 0 saturated carbocycles. The summed E-state index contributed by atoms with van der Waals surface area (Å²) in [6.07, 6.45) is 3.75. The zero-order valence-electron chi connectivity index (χ0n) is 13.0. The van der Waals surface area contributed by atoms with E-state index >= 15 is 0 Å². The summed E-state index contributed by atoms with van der Waals surface area (Å²) >= 11 is 7.19. The molecule has 1 saturated heterocycles. The molecule has 2 heterocycles. The summed E-state index contributed by atoms with van der Waals surface area (Å²) in [6, 6.07) is 7.56.